The van der Waals surface area contributed by atoms with Crippen LogP contribution in [0.5, 0.6) is 0 Å². The van der Waals surface area contributed by atoms with Gasteiger partial charge in [-0.3, -0.25) is 13.8 Å². The summed E-state index contributed by atoms with van der Waals surface area (Å²) in [5, 5.41) is 10.7. The molecule has 0 spiro atoms. The van der Waals surface area contributed by atoms with Crippen molar-refractivity contribution in [1.29, 1.82) is 0 Å². The summed E-state index contributed by atoms with van der Waals surface area (Å²) in [5.74, 6) is 0.937. The van der Waals surface area contributed by atoms with Crippen LogP contribution in [-0.4, -0.2) is 19.2 Å². The van der Waals surface area contributed by atoms with Crippen molar-refractivity contribution >= 4 is 55.3 Å². The van der Waals surface area contributed by atoms with Crippen LogP contribution in [0.15, 0.2) is 84.8 Å². The van der Waals surface area contributed by atoms with Gasteiger partial charge in [0.1, 0.15) is 5.58 Å². The lowest BCUT2D eigenvalue weighted by Gasteiger charge is -2.10. The predicted molar refractivity (Wildman–Crippen MR) is 125 cm³/mol. The van der Waals surface area contributed by atoms with Gasteiger partial charge in [0.2, 0.25) is 5.78 Å². The Morgan fingerprint density at radius 3 is 2.77 bits per heavy atom. The fraction of sp³-hybridized carbons (Fsp3) is 0.0909. The first-order valence-electron chi connectivity index (χ1n) is 9.39. The van der Waals surface area contributed by atoms with E-state index in [9.17, 15) is 9.59 Å². The van der Waals surface area contributed by atoms with Crippen LogP contribution in [0.3, 0.4) is 0 Å². The first-order chi connectivity index (χ1) is 15.1. The van der Waals surface area contributed by atoms with E-state index in [0.29, 0.717) is 34.2 Å². The van der Waals surface area contributed by atoms with Gasteiger partial charge in [-0.05, 0) is 35.9 Å². The van der Waals surface area contributed by atoms with Crippen molar-refractivity contribution in [2.75, 3.05) is 0 Å². The Morgan fingerprint density at radius 1 is 1.10 bits per heavy atom. The Labute approximate surface area is 188 Å². The summed E-state index contributed by atoms with van der Waals surface area (Å²) in [6.07, 6.45) is 1.66. The smallest absolute Gasteiger partial charge is 0.336 e. The summed E-state index contributed by atoms with van der Waals surface area (Å²) < 4.78 is 9.59. The van der Waals surface area contributed by atoms with Gasteiger partial charge in [0.05, 0.1) is 10.9 Å². The molecule has 0 saturated carbocycles. The number of allylic oxidation sites excluding steroid dienone is 1. The van der Waals surface area contributed by atoms with E-state index < -0.39 is 5.63 Å². The zero-order valence-corrected chi connectivity index (χ0v) is 18.5. The van der Waals surface area contributed by atoms with Crippen LogP contribution >= 0.6 is 27.7 Å². The fourth-order valence-electron chi connectivity index (χ4n) is 3.59. The van der Waals surface area contributed by atoms with Crippen molar-refractivity contribution in [3.63, 3.8) is 0 Å². The maximum Gasteiger partial charge on any atom is 0.336 e. The van der Waals surface area contributed by atoms with E-state index >= 15 is 0 Å². The average molecular weight is 495 g/mol. The number of rotatable bonds is 5. The molecule has 7 nitrogen and oxygen atoms in total. The third-order valence-electron chi connectivity index (χ3n) is 4.94. The molecule has 2 aromatic carbocycles. The molecule has 3 heterocycles. The Balaban J connectivity index is 1.65. The molecule has 31 heavy (non-hydrogen) atoms. The third kappa shape index (κ3) is 3.39. The SMILES string of the molecule is C=CCn1c(=O)c2ccccc2n2c(SCc3cc(=O)oc4cc(Br)ccc34)nnc12. The highest BCUT2D eigenvalue weighted by Crippen LogP contribution is 2.28. The second-order valence-corrected chi connectivity index (χ2v) is 8.72. The molecule has 0 amide bonds. The lowest BCUT2D eigenvalue weighted by Crippen LogP contribution is -2.22. The molecule has 0 aliphatic heterocycles. The number of para-hydroxylation sites is 1. The molecule has 0 unspecified atom stereocenters. The fourth-order valence-corrected chi connectivity index (χ4v) is 4.86. The minimum Gasteiger partial charge on any atom is -0.423 e. The summed E-state index contributed by atoms with van der Waals surface area (Å²) in [5.41, 5.74) is 1.55. The van der Waals surface area contributed by atoms with Crippen molar-refractivity contribution in [2.45, 2.75) is 17.5 Å². The third-order valence-corrected chi connectivity index (χ3v) is 6.41. The molecule has 0 aliphatic rings. The maximum absolute atomic E-state index is 12.9. The van der Waals surface area contributed by atoms with Crippen LogP contribution in [-0.2, 0) is 12.3 Å². The summed E-state index contributed by atoms with van der Waals surface area (Å²) in [6.45, 7) is 4.07. The lowest BCUT2D eigenvalue weighted by atomic mass is 10.1. The van der Waals surface area contributed by atoms with Gasteiger partial charge in [0.25, 0.3) is 5.56 Å². The number of benzene rings is 2. The van der Waals surface area contributed by atoms with E-state index in [-0.39, 0.29) is 5.56 Å². The molecule has 3 aromatic heterocycles. The minimum atomic E-state index is -0.405. The maximum atomic E-state index is 12.9. The molecule has 0 saturated heterocycles. The Hall–Kier alpha value is -3.17. The number of thioether (sulfide) groups is 1. The molecule has 5 aromatic rings. The minimum absolute atomic E-state index is 0.135. The quantitative estimate of drug-likeness (QED) is 0.204. The zero-order chi connectivity index (χ0) is 21.5. The van der Waals surface area contributed by atoms with Gasteiger partial charge in [-0.15, -0.1) is 16.8 Å². The summed E-state index contributed by atoms with van der Waals surface area (Å²) in [7, 11) is 0. The molecule has 9 heteroatoms. The monoisotopic (exact) mass is 494 g/mol. The second kappa shape index (κ2) is 7.82. The van der Waals surface area contributed by atoms with Crippen LogP contribution in [0.25, 0.3) is 27.6 Å². The van der Waals surface area contributed by atoms with Gasteiger partial charge < -0.3 is 4.42 Å². The van der Waals surface area contributed by atoms with Crippen LogP contribution in [0.4, 0.5) is 0 Å². The molecule has 0 atom stereocenters. The number of hydrogen-bond donors (Lipinski definition) is 0. The Bertz CT molecular complexity index is 1600. The molecule has 0 aliphatic carbocycles. The highest BCUT2D eigenvalue weighted by molar-refractivity contribution is 9.10. The first kappa shape index (κ1) is 19.8. The molecule has 0 N–H and O–H groups in total. The second-order valence-electron chi connectivity index (χ2n) is 6.86. The zero-order valence-electron chi connectivity index (χ0n) is 16.1. The highest BCUT2D eigenvalue weighted by Gasteiger charge is 2.17. The molecule has 0 radical (unpaired) electrons. The van der Waals surface area contributed by atoms with Gasteiger partial charge in [0.15, 0.2) is 5.16 Å². The number of fused-ring (bicyclic) bond motifs is 4. The van der Waals surface area contributed by atoms with E-state index in [1.54, 1.807) is 22.8 Å². The summed E-state index contributed by atoms with van der Waals surface area (Å²) in [6, 6.07) is 14.5. The van der Waals surface area contributed by atoms with Gasteiger partial charge >= 0.3 is 5.63 Å². The number of nitrogens with zero attached hydrogens (tertiary/aromatic N) is 4. The normalized spacial score (nSPS) is 11.5. The van der Waals surface area contributed by atoms with Gasteiger partial charge in [-0.2, -0.15) is 0 Å². The van der Waals surface area contributed by atoms with Crippen LogP contribution in [0.2, 0.25) is 0 Å². The molecule has 0 bridgehead atoms. The molecule has 0 fully saturated rings. The summed E-state index contributed by atoms with van der Waals surface area (Å²) in [4.78, 5) is 25.0. The Morgan fingerprint density at radius 2 is 1.94 bits per heavy atom. The van der Waals surface area contributed by atoms with E-state index in [2.05, 4.69) is 32.7 Å². The van der Waals surface area contributed by atoms with Crippen LogP contribution in [0, 0.1) is 0 Å². The van der Waals surface area contributed by atoms with E-state index in [4.69, 9.17) is 4.42 Å². The van der Waals surface area contributed by atoms with E-state index in [1.807, 2.05) is 34.7 Å². The van der Waals surface area contributed by atoms with Gasteiger partial charge in [0, 0.05) is 28.2 Å². The lowest BCUT2D eigenvalue weighted by molar-refractivity contribution is 0.559. The number of hydrogen-bond acceptors (Lipinski definition) is 6. The van der Waals surface area contributed by atoms with Crippen molar-refractivity contribution in [2.24, 2.45) is 0 Å². The topological polar surface area (TPSA) is 82.4 Å². The summed E-state index contributed by atoms with van der Waals surface area (Å²) >= 11 is 4.84. The van der Waals surface area contributed by atoms with Crippen molar-refractivity contribution < 1.29 is 4.42 Å². The molecular weight excluding hydrogens is 480 g/mol. The average Bonchev–Trinajstić information content (AvgIpc) is 3.18. The van der Waals surface area contributed by atoms with Gasteiger partial charge in [-0.1, -0.05) is 45.9 Å². The van der Waals surface area contributed by atoms with Crippen LogP contribution < -0.4 is 11.2 Å². The standard InChI is InChI=1S/C22H15BrN4O3S/c1-2-9-26-20(29)16-5-3-4-6-17(16)27-21(26)24-25-22(27)31-12-13-10-19(28)30-18-11-14(23)7-8-15(13)18/h2-8,10-11H,1,9,12H2. The number of aromatic nitrogens is 4. The largest absolute Gasteiger partial charge is 0.423 e. The predicted octanol–water partition coefficient (Wildman–Crippen LogP) is 4.39. The van der Waals surface area contributed by atoms with Crippen molar-refractivity contribution in [3.8, 4) is 0 Å². The van der Waals surface area contributed by atoms with Gasteiger partial charge in [-0.25, -0.2) is 4.79 Å². The van der Waals surface area contributed by atoms with Crippen molar-refractivity contribution in [3.05, 3.63) is 92.0 Å². The Kier molecular flexibility index (Phi) is 4.99. The molecule has 5 rings (SSSR count). The molecular formula is C22H15BrN4O3S. The highest BCUT2D eigenvalue weighted by atomic mass is 79.9. The van der Waals surface area contributed by atoms with Crippen molar-refractivity contribution in [1.82, 2.24) is 19.2 Å². The van der Waals surface area contributed by atoms with E-state index in [1.165, 1.54) is 17.8 Å². The van der Waals surface area contributed by atoms with E-state index in [0.717, 1.165) is 20.9 Å². The molecule has 154 valence electrons. The van der Waals surface area contributed by atoms with Crippen LogP contribution in [0.1, 0.15) is 5.56 Å². The number of halogens is 1. The first-order valence-corrected chi connectivity index (χ1v) is 11.2.